The standard InChI is InChI=1S/C11H15N3O5S/c1-8(11(16)17)14-10(15)4-6-13-20(18,19)9-3-2-5-12-7-9/h2-3,5,7-8,13H,4,6H2,1H3,(H,14,15)(H,16,17). The zero-order chi connectivity index (χ0) is 15.2. The van der Waals surface area contributed by atoms with Gasteiger partial charge in [0.25, 0.3) is 0 Å². The Morgan fingerprint density at radius 3 is 2.70 bits per heavy atom. The Bertz CT molecular complexity index is 573. The van der Waals surface area contributed by atoms with E-state index in [1.807, 2.05) is 0 Å². The summed E-state index contributed by atoms with van der Waals surface area (Å²) >= 11 is 0. The summed E-state index contributed by atoms with van der Waals surface area (Å²) in [6, 6.07) is 1.84. The number of hydrogen-bond donors (Lipinski definition) is 3. The van der Waals surface area contributed by atoms with Crippen molar-refractivity contribution >= 4 is 21.9 Å². The molecular formula is C11H15N3O5S. The molecule has 8 nitrogen and oxygen atoms in total. The van der Waals surface area contributed by atoms with Gasteiger partial charge in [-0.25, -0.2) is 13.1 Å². The van der Waals surface area contributed by atoms with Crippen LogP contribution in [0, 0.1) is 0 Å². The lowest BCUT2D eigenvalue weighted by atomic mass is 10.3. The molecule has 1 heterocycles. The van der Waals surface area contributed by atoms with Crippen LogP contribution in [0.4, 0.5) is 0 Å². The van der Waals surface area contributed by atoms with Crippen molar-refractivity contribution in [3.8, 4) is 0 Å². The van der Waals surface area contributed by atoms with Gasteiger partial charge in [0, 0.05) is 25.4 Å². The molecule has 0 radical (unpaired) electrons. The summed E-state index contributed by atoms with van der Waals surface area (Å²) in [4.78, 5) is 25.6. The van der Waals surface area contributed by atoms with E-state index in [0.717, 1.165) is 0 Å². The average Bonchev–Trinajstić information content (AvgIpc) is 2.39. The van der Waals surface area contributed by atoms with E-state index in [2.05, 4.69) is 15.0 Å². The van der Waals surface area contributed by atoms with Crippen molar-refractivity contribution in [1.82, 2.24) is 15.0 Å². The van der Waals surface area contributed by atoms with Gasteiger partial charge in [-0.15, -0.1) is 0 Å². The fourth-order valence-electron chi connectivity index (χ4n) is 1.26. The van der Waals surface area contributed by atoms with Crippen molar-refractivity contribution in [3.05, 3.63) is 24.5 Å². The smallest absolute Gasteiger partial charge is 0.325 e. The third-order valence-electron chi connectivity index (χ3n) is 2.34. The minimum atomic E-state index is -3.71. The second kappa shape index (κ2) is 6.96. The second-order valence-corrected chi connectivity index (χ2v) is 5.73. The van der Waals surface area contributed by atoms with Crippen LogP contribution < -0.4 is 10.0 Å². The highest BCUT2D eigenvalue weighted by Crippen LogP contribution is 2.04. The first-order chi connectivity index (χ1) is 9.33. The number of sulfonamides is 1. The Morgan fingerprint density at radius 2 is 2.15 bits per heavy atom. The van der Waals surface area contributed by atoms with Gasteiger partial charge in [0.15, 0.2) is 0 Å². The van der Waals surface area contributed by atoms with Gasteiger partial charge in [-0.05, 0) is 19.1 Å². The number of aliphatic carboxylic acids is 1. The molecule has 0 aliphatic carbocycles. The van der Waals surface area contributed by atoms with Gasteiger partial charge in [-0.2, -0.15) is 0 Å². The molecule has 1 rings (SSSR count). The fourth-order valence-corrected chi connectivity index (χ4v) is 2.26. The Hall–Kier alpha value is -2.00. The molecule has 0 aliphatic rings. The fraction of sp³-hybridized carbons (Fsp3) is 0.364. The Balaban J connectivity index is 2.45. The maximum atomic E-state index is 11.8. The van der Waals surface area contributed by atoms with Crippen molar-refractivity contribution < 1.29 is 23.1 Å². The lowest BCUT2D eigenvalue weighted by molar-refractivity contribution is -0.141. The number of amides is 1. The van der Waals surface area contributed by atoms with Gasteiger partial charge in [0.2, 0.25) is 15.9 Å². The molecule has 1 amide bonds. The third-order valence-corrected chi connectivity index (χ3v) is 3.78. The van der Waals surface area contributed by atoms with Crippen LogP contribution in [0.5, 0.6) is 0 Å². The number of carbonyl (C=O) groups is 2. The topological polar surface area (TPSA) is 125 Å². The number of rotatable bonds is 7. The van der Waals surface area contributed by atoms with Crippen LogP contribution in [0.2, 0.25) is 0 Å². The van der Waals surface area contributed by atoms with Gasteiger partial charge in [-0.1, -0.05) is 0 Å². The molecular weight excluding hydrogens is 286 g/mol. The van der Waals surface area contributed by atoms with E-state index in [1.165, 1.54) is 31.5 Å². The predicted molar refractivity (Wildman–Crippen MR) is 69.3 cm³/mol. The third kappa shape index (κ3) is 4.94. The quantitative estimate of drug-likeness (QED) is 0.614. The van der Waals surface area contributed by atoms with Crippen LogP contribution in [0.25, 0.3) is 0 Å². The van der Waals surface area contributed by atoms with Crippen molar-refractivity contribution in [2.75, 3.05) is 6.54 Å². The molecule has 20 heavy (non-hydrogen) atoms. The Morgan fingerprint density at radius 1 is 1.45 bits per heavy atom. The Labute approximate surface area is 116 Å². The van der Waals surface area contributed by atoms with Crippen LogP contribution in [-0.2, 0) is 19.6 Å². The van der Waals surface area contributed by atoms with Crippen molar-refractivity contribution in [2.45, 2.75) is 24.3 Å². The molecule has 110 valence electrons. The number of nitrogens with zero attached hydrogens (tertiary/aromatic N) is 1. The second-order valence-electron chi connectivity index (χ2n) is 3.96. The summed E-state index contributed by atoms with van der Waals surface area (Å²) in [6.45, 7) is 1.19. The molecule has 9 heteroatoms. The van der Waals surface area contributed by atoms with Crippen LogP contribution >= 0.6 is 0 Å². The number of hydrogen-bond acceptors (Lipinski definition) is 5. The van der Waals surface area contributed by atoms with E-state index < -0.39 is 27.9 Å². The molecule has 0 bridgehead atoms. The monoisotopic (exact) mass is 301 g/mol. The number of nitrogens with one attached hydrogen (secondary N) is 2. The van der Waals surface area contributed by atoms with Gasteiger partial charge in [0.1, 0.15) is 10.9 Å². The van der Waals surface area contributed by atoms with E-state index in [0.29, 0.717) is 0 Å². The SMILES string of the molecule is CC(NC(=O)CCNS(=O)(=O)c1cccnc1)C(=O)O. The van der Waals surface area contributed by atoms with E-state index >= 15 is 0 Å². The molecule has 0 saturated heterocycles. The molecule has 1 aromatic heterocycles. The highest BCUT2D eigenvalue weighted by molar-refractivity contribution is 7.89. The van der Waals surface area contributed by atoms with Gasteiger partial charge in [-0.3, -0.25) is 14.6 Å². The molecule has 3 N–H and O–H groups in total. The summed E-state index contributed by atoms with van der Waals surface area (Å²) in [6.07, 6.45) is 2.48. The van der Waals surface area contributed by atoms with Gasteiger partial charge >= 0.3 is 5.97 Å². The zero-order valence-corrected chi connectivity index (χ0v) is 11.6. The van der Waals surface area contributed by atoms with Crippen molar-refractivity contribution in [2.24, 2.45) is 0 Å². The molecule has 1 aromatic rings. The zero-order valence-electron chi connectivity index (χ0n) is 10.7. The molecule has 0 spiro atoms. The van der Waals surface area contributed by atoms with Crippen LogP contribution in [-0.4, -0.2) is 43.0 Å². The molecule has 1 atom stereocenters. The first kappa shape index (κ1) is 16.1. The predicted octanol–water partition coefficient (Wildman–Crippen LogP) is -0.661. The van der Waals surface area contributed by atoms with E-state index in [9.17, 15) is 18.0 Å². The minimum Gasteiger partial charge on any atom is -0.480 e. The van der Waals surface area contributed by atoms with E-state index in [4.69, 9.17) is 5.11 Å². The molecule has 1 unspecified atom stereocenters. The van der Waals surface area contributed by atoms with Crippen molar-refractivity contribution in [3.63, 3.8) is 0 Å². The van der Waals surface area contributed by atoms with Crippen LogP contribution in [0.3, 0.4) is 0 Å². The van der Waals surface area contributed by atoms with E-state index in [-0.39, 0.29) is 17.9 Å². The van der Waals surface area contributed by atoms with Gasteiger partial charge in [0.05, 0.1) is 0 Å². The lowest BCUT2D eigenvalue weighted by Crippen LogP contribution is -2.39. The molecule has 0 aliphatic heterocycles. The summed E-state index contributed by atoms with van der Waals surface area (Å²) in [5.74, 6) is -1.71. The molecule has 0 fully saturated rings. The molecule has 0 saturated carbocycles. The van der Waals surface area contributed by atoms with Crippen LogP contribution in [0.1, 0.15) is 13.3 Å². The van der Waals surface area contributed by atoms with Gasteiger partial charge < -0.3 is 10.4 Å². The molecule has 0 aromatic carbocycles. The summed E-state index contributed by atoms with van der Waals surface area (Å²) < 4.78 is 25.8. The maximum Gasteiger partial charge on any atom is 0.325 e. The normalized spacial score (nSPS) is 12.7. The first-order valence-corrected chi connectivity index (χ1v) is 7.23. The first-order valence-electron chi connectivity index (χ1n) is 5.75. The number of carboxylic acid groups (broad SMARTS) is 1. The average molecular weight is 301 g/mol. The highest BCUT2D eigenvalue weighted by Gasteiger charge is 2.16. The van der Waals surface area contributed by atoms with Crippen molar-refractivity contribution in [1.29, 1.82) is 0 Å². The summed E-state index contributed by atoms with van der Waals surface area (Å²) in [5.41, 5.74) is 0. The number of carboxylic acids is 1. The number of pyridine rings is 1. The minimum absolute atomic E-state index is 0.000637. The lowest BCUT2D eigenvalue weighted by Gasteiger charge is -2.09. The highest BCUT2D eigenvalue weighted by atomic mass is 32.2. The maximum absolute atomic E-state index is 11.8. The van der Waals surface area contributed by atoms with Crippen LogP contribution in [0.15, 0.2) is 29.4 Å². The Kier molecular flexibility index (Phi) is 5.59. The van der Waals surface area contributed by atoms with E-state index in [1.54, 1.807) is 0 Å². The largest absolute Gasteiger partial charge is 0.480 e. The summed E-state index contributed by atoms with van der Waals surface area (Å²) in [7, 11) is -3.71. The summed E-state index contributed by atoms with van der Waals surface area (Å²) in [5, 5.41) is 10.8. The number of carbonyl (C=O) groups excluding carboxylic acids is 1. The number of aromatic nitrogens is 1.